The van der Waals surface area contributed by atoms with E-state index in [-0.39, 0.29) is 30.0 Å². The average Bonchev–Trinajstić information content (AvgIpc) is 3.01. The molecule has 7 heteroatoms. The van der Waals surface area contributed by atoms with Gasteiger partial charge in [-0.25, -0.2) is 0 Å². The van der Waals surface area contributed by atoms with Crippen molar-refractivity contribution >= 4 is 29.9 Å². The van der Waals surface area contributed by atoms with Gasteiger partial charge in [0.2, 0.25) is 0 Å². The van der Waals surface area contributed by atoms with E-state index in [2.05, 4.69) is 52.8 Å². The van der Waals surface area contributed by atoms with Gasteiger partial charge in [0.25, 0.3) is 0 Å². The first-order valence-electron chi connectivity index (χ1n) is 9.68. The number of nitrogens with one attached hydrogen (secondary N) is 2. The second kappa shape index (κ2) is 15.2. The fourth-order valence-corrected chi connectivity index (χ4v) is 2.91. The summed E-state index contributed by atoms with van der Waals surface area (Å²) in [6.07, 6.45) is 13.3. The fraction of sp³-hybridized carbons (Fsp3) is 0.789. The zero-order valence-corrected chi connectivity index (χ0v) is 19.6. The molecule has 1 aromatic rings. The first-order valence-corrected chi connectivity index (χ1v) is 9.68. The molecule has 1 atom stereocenters. The topological polar surface area (TPSA) is 57.5 Å². The highest BCUT2D eigenvalue weighted by Gasteiger charge is 2.16. The second-order valence-corrected chi connectivity index (χ2v) is 6.93. The minimum Gasteiger partial charge on any atom is -0.356 e. The molecule has 152 valence electrons. The largest absolute Gasteiger partial charge is 0.356 e. The number of nitrogens with zero attached hydrogens (tertiary/aromatic N) is 4. The van der Waals surface area contributed by atoms with Gasteiger partial charge in [0.15, 0.2) is 5.96 Å². The van der Waals surface area contributed by atoms with Crippen LogP contribution in [0.5, 0.6) is 0 Å². The van der Waals surface area contributed by atoms with Gasteiger partial charge in [-0.3, -0.25) is 9.67 Å². The smallest absolute Gasteiger partial charge is 0.191 e. The molecule has 0 bridgehead atoms. The number of rotatable bonds is 12. The van der Waals surface area contributed by atoms with E-state index in [1.807, 2.05) is 25.0 Å². The van der Waals surface area contributed by atoms with Gasteiger partial charge in [0.1, 0.15) is 0 Å². The molecule has 0 saturated heterocycles. The summed E-state index contributed by atoms with van der Waals surface area (Å²) in [6, 6.07) is 0.269. The van der Waals surface area contributed by atoms with Crippen molar-refractivity contribution in [3.05, 3.63) is 18.0 Å². The van der Waals surface area contributed by atoms with Gasteiger partial charge in [-0.05, 0) is 20.5 Å². The van der Waals surface area contributed by atoms with Crippen LogP contribution in [0.2, 0.25) is 0 Å². The summed E-state index contributed by atoms with van der Waals surface area (Å²) in [4.78, 5) is 6.53. The second-order valence-electron chi connectivity index (χ2n) is 6.93. The van der Waals surface area contributed by atoms with Crippen molar-refractivity contribution in [3.63, 3.8) is 0 Å². The molecule has 0 radical (unpaired) electrons. The molecule has 1 rings (SSSR count). The molecule has 0 spiro atoms. The zero-order chi connectivity index (χ0) is 18.5. The third-order valence-electron chi connectivity index (χ3n) is 4.49. The van der Waals surface area contributed by atoms with Gasteiger partial charge in [0, 0.05) is 38.9 Å². The third kappa shape index (κ3) is 10.4. The van der Waals surface area contributed by atoms with Crippen LogP contribution in [-0.4, -0.2) is 54.9 Å². The number of guanidine groups is 1. The summed E-state index contributed by atoms with van der Waals surface area (Å²) in [5.41, 5.74) is 1.21. The van der Waals surface area contributed by atoms with Gasteiger partial charge in [0.05, 0.1) is 12.2 Å². The maximum absolute atomic E-state index is 4.33. The summed E-state index contributed by atoms with van der Waals surface area (Å²) in [6.45, 7) is 4.04. The SMILES string of the molecule is CCCCCCCCCNC(=NC)NCC(c1cnn(C)c1)N(C)C.I. The number of aromatic nitrogens is 2. The van der Waals surface area contributed by atoms with Crippen molar-refractivity contribution in [1.29, 1.82) is 0 Å². The molecule has 6 nitrogen and oxygen atoms in total. The number of hydrogen-bond donors (Lipinski definition) is 2. The molecule has 1 heterocycles. The molecule has 0 aliphatic carbocycles. The van der Waals surface area contributed by atoms with Crippen LogP contribution >= 0.6 is 24.0 Å². The highest BCUT2D eigenvalue weighted by atomic mass is 127. The van der Waals surface area contributed by atoms with E-state index in [0.717, 1.165) is 19.0 Å². The minimum absolute atomic E-state index is 0. The van der Waals surface area contributed by atoms with Crippen LogP contribution < -0.4 is 10.6 Å². The van der Waals surface area contributed by atoms with E-state index in [1.54, 1.807) is 0 Å². The standard InChI is InChI=1S/C19H38N6.HI/c1-6-7-8-9-10-11-12-13-21-19(20-2)22-15-18(24(3)4)17-14-23-25(5)16-17;/h14,16,18H,6-13,15H2,1-5H3,(H2,20,21,22);1H. The highest BCUT2D eigenvalue weighted by Crippen LogP contribution is 2.16. The predicted molar refractivity (Wildman–Crippen MR) is 122 cm³/mol. The van der Waals surface area contributed by atoms with E-state index >= 15 is 0 Å². The number of halogens is 1. The van der Waals surface area contributed by atoms with Gasteiger partial charge in [-0.2, -0.15) is 5.10 Å². The number of aryl methyl sites for hydroxylation is 1. The highest BCUT2D eigenvalue weighted by molar-refractivity contribution is 14.0. The average molecular weight is 478 g/mol. The van der Waals surface area contributed by atoms with E-state index in [9.17, 15) is 0 Å². The van der Waals surface area contributed by atoms with Crippen LogP contribution in [0.1, 0.15) is 63.5 Å². The molecule has 0 fully saturated rings. The Morgan fingerprint density at radius 3 is 2.35 bits per heavy atom. The summed E-state index contributed by atoms with van der Waals surface area (Å²) < 4.78 is 1.85. The molecule has 0 aromatic carbocycles. The summed E-state index contributed by atoms with van der Waals surface area (Å²) in [5, 5.41) is 11.1. The molecule has 1 aromatic heterocycles. The third-order valence-corrected chi connectivity index (χ3v) is 4.49. The molecular formula is C19H39IN6. The van der Waals surface area contributed by atoms with E-state index < -0.39 is 0 Å². The first kappa shape index (κ1) is 25.2. The van der Waals surface area contributed by atoms with E-state index in [0.29, 0.717) is 0 Å². The lowest BCUT2D eigenvalue weighted by Gasteiger charge is -2.24. The zero-order valence-electron chi connectivity index (χ0n) is 17.3. The van der Waals surface area contributed by atoms with Gasteiger partial charge in [-0.1, -0.05) is 45.4 Å². The summed E-state index contributed by atoms with van der Waals surface area (Å²) in [7, 11) is 7.96. The summed E-state index contributed by atoms with van der Waals surface area (Å²) >= 11 is 0. The Morgan fingerprint density at radius 2 is 1.81 bits per heavy atom. The Kier molecular flexibility index (Phi) is 14.8. The lowest BCUT2D eigenvalue weighted by Crippen LogP contribution is -2.42. The summed E-state index contributed by atoms with van der Waals surface area (Å²) in [5.74, 6) is 0.877. The Bertz CT molecular complexity index is 486. The van der Waals surface area contributed by atoms with Gasteiger partial charge >= 0.3 is 0 Å². The molecule has 1 unspecified atom stereocenters. The van der Waals surface area contributed by atoms with Crippen LogP contribution in [0.3, 0.4) is 0 Å². The van der Waals surface area contributed by atoms with Crippen molar-refractivity contribution in [2.24, 2.45) is 12.0 Å². The Balaban J connectivity index is 0.00000625. The van der Waals surface area contributed by atoms with Crippen molar-refractivity contribution in [2.75, 3.05) is 34.2 Å². The van der Waals surface area contributed by atoms with Crippen molar-refractivity contribution in [3.8, 4) is 0 Å². The molecule has 0 aliphatic heterocycles. The Labute approximate surface area is 177 Å². The molecule has 26 heavy (non-hydrogen) atoms. The van der Waals surface area contributed by atoms with Crippen molar-refractivity contribution in [1.82, 2.24) is 25.3 Å². The van der Waals surface area contributed by atoms with Crippen LogP contribution in [0.25, 0.3) is 0 Å². The van der Waals surface area contributed by atoms with E-state index in [4.69, 9.17) is 0 Å². The Hall–Kier alpha value is -0.830. The van der Waals surface area contributed by atoms with Crippen molar-refractivity contribution < 1.29 is 0 Å². The minimum atomic E-state index is 0. The van der Waals surface area contributed by atoms with Crippen LogP contribution in [0.4, 0.5) is 0 Å². The lowest BCUT2D eigenvalue weighted by atomic mass is 10.1. The normalized spacial score (nSPS) is 12.8. The van der Waals surface area contributed by atoms with Gasteiger partial charge in [-0.15, -0.1) is 24.0 Å². The van der Waals surface area contributed by atoms with Crippen LogP contribution in [0.15, 0.2) is 17.4 Å². The molecule has 0 saturated carbocycles. The monoisotopic (exact) mass is 478 g/mol. The molecule has 0 aliphatic rings. The van der Waals surface area contributed by atoms with Crippen molar-refractivity contribution in [2.45, 2.75) is 57.9 Å². The molecular weight excluding hydrogens is 439 g/mol. The number of hydrogen-bond acceptors (Lipinski definition) is 3. The lowest BCUT2D eigenvalue weighted by molar-refractivity contribution is 0.298. The number of likely N-dealkylation sites (N-methyl/N-ethyl adjacent to an activating group) is 1. The van der Waals surface area contributed by atoms with E-state index in [1.165, 1.54) is 50.5 Å². The van der Waals surface area contributed by atoms with Crippen LogP contribution in [0, 0.1) is 0 Å². The van der Waals surface area contributed by atoms with Crippen LogP contribution in [-0.2, 0) is 7.05 Å². The number of aliphatic imine (C=N–C) groups is 1. The fourth-order valence-electron chi connectivity index (χ4n) is 2.91. The predicted octanol–water partition coefficient (Wildman–Crippen LogP) is 3.56. The number of unbranched alkanes of at least 4 members (excludes halogenated alkanes) is 6. The maximum Gasteiger partial charge on any atom is 0.191 e. The maximum atomic E-state index is 4.33. The molecule has 0 amide bonds. The molecule has 2 N–H and O–H groups in total. The van der Waals surface area contributed by atoms with Gasteiger partial charge < -0.3 is 15.5 Å². The first-order chi connectivity index (χ1) is 12.1. The quantitative estimate of drug-likeness (QED) is 0.209. The Morgan fingerprint density at radius 1 is 1.15 bits per heavy atom.